The molecule has 2 atom stereocenters. The Morgan fingerprint density at radius 3 is 2.23 bits per heavy atom. The van der Waals surface area contributed by atoms with Crippen molar-refractivity contribution < 1.29 is 4.79 Å². The molecule has 3 rings (SSSR count). The number of aryl methyl sites for hydroxylation is 1. The Bertz CT molecular complexity index is 568. The Balaban J connectivity index is 1.38. The van der Waals surface area contributed by atoms with Gasteiger partial charge in [-0.25, -0.2) is 4.79 Å². The molecule has 2 amide bonds. The average molecular weight is 358 g/mol. The van der Waals surface area contributed by atoms with Crippen LogP contribution in [-0.2, 0) is 6.54 Å². The van der Waals surface area contributed by atoms with Gasteiger partial charge >= 0.3 is 6.03 Å². The molecule has 1 aromatic rings. The summed E-state index contributed by atoms with van der Waals surface area (Å²) in [6.45, 7) is 12.2. The van der Waals surface area contributed by atoms with Crippen LogP contribution in [0.4, 0.5) is 4.79 Å². The topological polar surface area (TPSA) is 35.6 Å². The summed E-state index contributed by atoms with van der Waals surface area (Å²) in [5.41, 5.74) is 2.66. The number of piperazine rings is 1. The van der Waals surface area contributed by atoms with Crippen LogP contribution >= 0.6 is 0 Å². The molecule has 1 aliphatic carbocycles. The van der Waals surface area contributed by atoms with E-state index in [0.717, 1.165) is 51.1 Å². The number of urea groups is 1. The number of nitrogens with zero attached hydrogens (tertiary/aromatic N) is 2. The van der Waals surface area contributed by atoms with Gasteiger partial charge in [0.25, 0.3) is 0 Å². The number of nitrogens with one attached hydrogen (secondary N) is 1. The molecule has 4 nitrogen and oxygen atoms in total. The zero-order valence-electron chi connectivity index (χ0n) is 16.7. The van der Waals surface area contributed by atoms with Crippen molar-refractivity contribution in [1.82, 2.24) is 15.1 Å². The monoisotopic (exact) mass is 357 g/mol. The Labute approximate surface area is 158 Å². The number of carbonyl (C=O) groups is 1. The van der Waals surface area contributed by atoms with Gasteiger partial charge in [0.1, 0.15) is 0 Å². The lowest BCUT2D eigenvalue weighted by molar-refractivity contribution is 0.132. The van der Waals surface area contributed by atoms with Crippen LogP contribution in [0.3, 0.4) is 0 Å². The van der Waals surface area contributed by atoms with Crippen LogP contribution in [0.25, 0.3) is 0 Å². The minimum absolute atomic E-state index is 0.130. The van der Waals surface area contributed by atoms with E-state index >= 15 is 0 Å². The highest BCUT2D eigenvalue weighted by molar-refractivity contribution is 5.74. The molecule has 2 fully saturated rings. The van der Waals surface area contributed by atoms with Crippen LogP contribution in [0.1, 0.15) is 44.2 Å². The molecule has 1 aromatic carbocycles. The molecule has 1 saturated carbocycles. The minimum atomic E-state index is 0.130. The largest absolute Gasteiger partial charge is 0.338 e. The molecule has 4 heteroatoms. The van der Waals surface area contributed by atoms with Gasteiger partial charge in [-0.2, -0.15) is 0 Å². The molecular weight excluding hydrogens is 322 g/mol. The fourth-order valence-electron chi connectivity index (χ4n) is 4.68. The highest BCUT2D eigenvalue weighted by Gasteiger charge is 2.26. The van der Waals surface area contributed by atoms with Gasteiger partial charge in [0.15, 0.2) is 0 Å². The summed E-state index contributed by atoms with van der Waals surface area (Å²) < 4.78 is 0. The third kappa shape index (κ3) is 5.47. The average Bonchev–Trinajstić information content (AvgIpc) is 2.61. The molecule has 1 N–H and O–H groups in total. The molecule has 1 aliphatic heterocycles. The predicted octanol–water partition coefficient (Wildman–Crippen LogP) is 3.89. The van der Waals surface area contributed by atoms with E-state index in [0.29, 0.717) is 5.92 Å². The SMILES string of the molecule is Cc1ccc(CN2CCN(C(=O)NCC3CC(C)CC(C)C3)CC2)cc1. The molecule has 0 spiro atoms. The highest BCUT2D eigenvalue weighted by atomic mass is 16.2. The van der Waals surface area contributed by atoms with E-state index in [4.69, 9.17) is 0 Å². The zero-order chi connectivity index (χ0) is 18.5. The van der Waals surface area contributed by atoms with Gasteiger partial charge < -0.3 is 10.2 Å². The Morgan fingerprint density at radius 1 is 1.00 bits per heavy atom. The maximum Gasteiger partial charge on any atom is 0.317 e. The molecule has 2 aliphatic rings. The van der Waals surface area contributed by atoms with Crippen molar-refractivity contribution in [2.24, 2.45) is 17.8 Å². The third-order valence-corrected chi connectivity index (χ3v) is 6.00. The first kappa shape index (κ1) is 19.2. The van der Waals surface area contributed by atoms with Gasteiger partial charge in [-0.15, -0.1) is 0 Å². The lowest BCUT2D eigenvalue weighted by Crippen LogP contribution is -2.52. The Kier molecular flexibility index (Phi) is 6.58. The second-order valence-corrected chi connectivity index (χ2v) is 8.72. The van der Waals surface area contributed by atoms with E-state index in [2.05, 4.69) is 55.3 Å². The smallest absolute Gasteiger partial charge is 0.317 e. The summed E-state index contributed by atoms with van der Waals surface area (Å²) >= 11 is 0. The highest BCUT2D eigenvalue weighted by Crippen LogP contribution is 2.32. The quantitative estimate of drug-likeness (QED) is 0.887. The molecule has 0 bridgehead atoms. The van der Waals surface area contributed by atoms with E-state index < -0.39 is 0 Å². The number of benzene rings is 1. The van der Waals surface area contributed by atoms with E-state index in [-0.39, 0.29) is 6.03 Å². The number of hydrogen-bond donors (Lipinski definition) is 1. The lowest BCUT2D eigenvalue weighted by Gasteiger charge is -2.36. The van der Waals surface area contributed by atoms with Crippen LogP contribution in [0.5, 0.6) is 0 Å². The van der Waals surface area contributed by atoms with Gasteiger partial charge in [0.2, 0.25) is 0 Å². The van der Waals surface area contributed by atoms with Crippen molar-refractivity contribution in [3.05, 3.63) is 35.4 Å². The second kappa shape index (κ2) is 8.90. The van der Waals surface area contributed by atoms with Crippen LogP contribution in [0, 0.1) is 24.7 Å². The van der Waals surface area contributed by atoms with Crippen molar-refractivity contribution in [2.75, 3.05) is 32.7 Å². The van der Waals surface area contributed by atoms with Gasteiger partial charge in [-0.1, -0.05) is 43.7 Å². The normalized spacial score (nSPS) is 27.3. The predicted molar refractivity (Wildman–Crippen MR) is 107 cm³/mol. The van der Waals surface area contributed by atoms with Crippen LogP contribution in [0.15, 0.2) is 24.3 Å². The summed E-state index contributed by atoms with van der Waals surface area (Å²) in [7, 11) is 0. The van der Waals surface area contributed by atoms with Crippen LogP contribution < -0.4 is 5.32 Å². The minimum Gasteiger partial charge on any atom is -0.338 e. The first-order chi connectivity index (χ1) is 12.5. The van der Waals surface area contributed by atoms with Crippen molar-refractivity contribution in [3.63, 3.8) is 0 Å². The van der Waals surface area contributed by atoms with Gasteiger partial charge in [0.05, 0.1) is 0 Å². The first-order valence-corrected chi connectivity index (χ1v) is 10.3. The second-order valence-electron chi connectivity index (χ2n) is 8.72. The Hall–Kier alpha value is -1.55. The number of rotatable bonds is 4. The molecule has 0 aromatic heterocycles. The van der Waals surface area contributed by atoms with Crippen molar-refractivity contribution >= 4 is 6.03 Å². The van der Waals surface area contributed by atoms with E-state index in [1.54, 1.807) is 0 Å². The maximum atomic E-state index is 12.5. The standard InChI is InChI=1S/C22H35N3O/c1-17-4-6-20(7-5-17)16-24-8-10-25(11-9-24)22(26)23-15-21-13-18(2)12-19(3)14-21/h4-7,18-19,21H,8-16H2,1-3H3,(H,23,26). The molecule has 26 heavy (non-hydrogen) atoms. The van der Waals surface area contributed by atoms with Crippen molar-refractivity contribution in [3.8, 4) is 0 Å². The maximum absolute atomic E-state index is 12.5. The van der Waals surface area contributed by atoms with E-state index in [9.17, 15) is 4.79 Å². The molecule has 2 unspecified atom stereocenters. The zero-order valence-corrected chi connectivity index (χ0v) is 16.7. The summed E-state index contributed by atoms with van der Waals surface area (Å²) in [5.74, 6) is 2.25. The fourth-order valence-corrected chi connectivity index (χ4v) is 4.68. The summed E-state index contributed by atoms with van der Waals surface area (Å²) in [5, 5.41) is 3.20. The summed E-state index contributed by atoms with van der Waals surface area (Å²) in [6, 6.07) is 8.89. The van der Waals surface area contributed by atoms with Crippen molar-refractivity contribution in [2.45, 2.75) is 46.6 Å². The number of hydrogen-bond acceptors (Lipinski definition) is 2. The van der Waals surface area contributed by atoms with E-state index in [1.807, 2.05) is 4.90 Å². The lowest BCUT2D eigenvalue weighted by atomic mass is 9.77. The number of amides is 2. The Morgan fingerprint density at radius 2 is 1.62 bits per heavy atom. The van der Waals surface area contributed by atoms with Crippen LogP contribution in [-0.4, -0.2) is 48.6 Å². The van der Waals surface area contributed by atoms with Gasteiger partial charge in [0, 0.05) is 39.3 Å². The molecule has 144 valence electrons. The van der Waals surface area contributed by atoms with Crippen molar-refractivity contribution in [1.29, 1.82) is 0 Å². The summed E-state index contributed by atoms with van der Waals surface area (Å²) in [4.78, 5) is 16.9. The molecule has 1 heterocycles. The van der Waals surface area contributed by atoms with Gasteiger partial charge in [-0.05, 0) is 49.5 Å². The molecular formula is C22H35N3O. The number of carbonyl (C=O) groups excluding carboxylic acids is 1. The molecule has 1 saturated heterocycles. The summed E-state index contributed by atoms with van der Waals surface area (Å²) in [6.07, 6.45) is 3.86. The first-order valence-electron chi connectivity index (χ1n) is 10.3. The van der Waals surface area contributed by atoms with Crippen LogP contribution in [0.2, 0.25) is 0 Å². The molecule has 0 radical (unpaired) electrons. The third-order valence-electron chi connectivity index (χ3n) is 6.00. The fraction of sp³-hybridized carbons (Fsp3) is 0.682. The van der Waals surface area contributed by atoms with Gasteiger partial charge in [-0.3, -0.25) is 4.90 Å². The van der Waals surface area contributed by atoms with E-state index in [1.165, 1.54) is 30.4 Å².